The van der Waals surface area contributed by atoms with E-state index in [1.807, 2.05) is 18.2 Å². The Morgan fingerprint density at radius 3 is 2.62 bits per heavy atom. The van der Waals surface area contributed by atoms with Crippen LogP contribution in [0.5, 0.6) is 0 Å². The maximum absolute atomic E-state index is 12.8. The van der Waals surface area contributed by atoms with Gasteiger partial charge in [0.25, 0.3) is 10.0 Å². The third-order valence-corrected chi connectivity index (χ3v) is 7.64. The van der Waals surface area contributed by atoms with Gasteiger partial charge >= 0.3 is 0 Å². The summed E-state index contributed by atoms with van der Waals surface area (Å²) in [6.07, 6.45) is 1.77. The van der Waals surface area contributed by atoms with Crippen molar-refractivity contribution in [1.29, 1.82) is 0 Å². The van der Waals surface area contributed by atoms with Gasteiger partial charge in [-0.3, -0.25) is 14.7 Å². The Labute approximate surface area is 157 Å². The highest BCUT2D eigenvalue weighted by molar-refractivity contribution is 7.91. The minimum Gasteiger partial charge on any atom is -0.351 e. The molecule has 9 heteroatoms. The van der Waals surface area contributed by atoms with Crippen molar-refractivity contribution in [1.82, 2.24) is 19.5 Å². The van der Waals surface area contributed by atoms with Crippen molar-refractivity contribution in [3.63, 3.8) is 0 Å². The Morgan fingerprint density at radius 2 is 1.96 bits per heavy atom. The van der Waals surface area contributed by atoms with Crippen LogP contribution < -0.4 is 5.32 Å². The minimum atomic E-state index is -3.48. The second-order valence-corrected chi connectivity index (χ2v) is 9.46. The van der Waals surface area contributed by atoms with Gasteiger partial charge in [0.05, 0.1) is 12.2 Å². The van der Waals surface area contributed by atoms with Crippen LogP contribution in [0.15, 0.2) is 40.7 Å². The van der Waals surface area contributed by atoms with E-state index in [9.17, 15) is 13.2 Å². The van der Waals surface area contributed by atoms with Gasteiger partial charge < -0.3 is 5.32 Å². The molecule has 1 N–H and O–H groups in total. The molecule has 3 rings (SSSR count). The molecule has 2 aromatic heterocycles. The maximum Gasteiger partial charge on any atom is 0.252 e. The fourth-order valence-electron chi connectivity index (χ4n) is 2.78. The van der Waals surface area contributed by atoms with Crippen molar-refractivity contribution in [2.45, 2.75) is 24.2 Å². The van der Waals surface area contributed by atoms with E-state index in [-0.39, 0.29) is 5.91 Å². The van der Waals surface area contributed by atoms with Crippen LogP contribution in [-0.4, -0.2) is 54.7 Å². The summed E-state index contributed by atoms with van der Waals surface area (Å²) < 4.78 is 27.5. The lowest BCUT2D eigenvalue weighted by Gasteiger charge is -2.33. The van der Waals surface area contributed by atoms with Gasteiger partial charge in [-0.05, 0) is 24.3 Å². The summed E-state index contributed by atoms with van der Waals surface area (Å²) in [7, 11) is -3.48. The van der Waals surface area contributed by atoms with Crippen LogP contribution in [0, 0.1) is 0 Å². The molecule has 0 bridgehead atoms. The van der Waals surface area contributed by atoms with Crippen LogP contribution in [0.1, 0.15) is 17.5 Å². The molecule has 0 aromatic carbocycles. The molecule has 0 atom stereocenters. The summed E-state index contributed by atoms with van der Waals surface area (Å²) in [5, 5.41) is 2.69. The summed E-state index contributed by atoms with van der Waals surface area (Å²) in [4.78, 5) is 18.3. The molecule has 0 unspecified atom stereocenters. The summed E-state index contributed by atoms with van der Waals surface area (Å²) >= 11 is 1.21. The number of carbonyl (C=O) groups is 1. The predicted molar refractivity (Wildman–Crippen MR) is 100 cm³/mol. The van der Waals surface area contributed by atoms with Gasteiger partial charge in [0.1, 0.15) is 4.21 Å². The number of rotatable bonds is 6. The van der Waals surface area contributed by atoms with E-state index >= 15 is 0 Å². The van der Waals surface area contributed by atoms with E-state index in [1.165, 1.54) is 22.6 Å². The molecule has 0 spiro atoms. The Kier molecular flexibility index (Phi) is 6.02. The van der Waals surface area contributed by atoms with Crippen molar-refractivity contribution in [2.75, 3.05) is 26.2 Å². The number of sulfonamides is 1. The number of nitrogens with one attached hydrogen (secondary N) is 1. The Hall–Kier alpha value is -1.81. The molecule has 0 aliphatic carbocycles. The van der Waals surface area contributed by atoms with Crippen LogP contribution >= 0.6 is 11.3 Å². The molecular weight excluding hydrogens is 372 g/mol. The van der Waals surface area contributed by atoms with Crippen LogP contribution in [0.2, 0.25) is 0 Å². The molecular formula is C17H22N4O3S2. The van der Waals surface area contributed by atoms with Gasteiger partial charge in [-0.15, -0.1) is 11.3 Å². The highest BCUT2D eigenvalue weighted by Crippen LogP contribution is 2.26. The summed E-state index contributed by atoms with van der Waals surface area (Å²) in [5.74, 6) is -0.133. The first-order chi connectivity index (χ1) is 12.4. The number of thiophene rings is 1. The van der Waals surface area contributed by atoms with E-state index in [0.717, 1.165) is 17.1 Å². The van der Waals surface area contributed by atoms with Crippen LogP contribution in [-0.2, 0) is 27.9 Å². The molecule has 1 amide bonds. The monoisotopic (exact) mass is 394 g/mol. The zero-order chi connectivity index (χ0) is 18.6. The van der Waals surface area contributed by atoms with Gasteiger partial charge in [-0.1, -0.05) is 6.07 Å². The highest BCUT2D eigenvalue weighted by Gasteiger charge is 2.29. The second kappa shape index (κ2) is 8.26. The number of carbonyl (C=O) groups excluding carboxylic acids is 1. The van der Waals surface area contributed by atoms with Gasteiger partial charge in [0.15, 0.2) is 0 Å². The minimum absolute atomic E-state index is 0.133. The lowest BCUT2D eigenvalue weighted by atomic mass is 10.3. The number of piperazine rings is 1. The normalized spacial score (nSPS) is 16.5. The first-order valence-electron chi connectivity index (χ1n) is 8.41. The van der Waals surface area contributed by atoms with E-state index in [4.69, 9.17) is 0 Å². The van der Waals surface area contributed by atoms with Crippen molar-refractivity contribution in [2.24, 2.45) is 0 Å². The molecule has 1 aliphatic heterocycles. The van der Waals surface area contributed by atoms with Crippen molar-refractivity contribution >= 4 is 27.3 Å². The Balaban J connectivity index is 1.58. The Bertz CT molecular complexity index is 844. The van der Waals surface area contributed by atoms with Gasteiger partial charge in [0.2, 0.25) is 5.91 Å². The van der Waals surface area contributed by atoms with Gasteiger partial charge in [-0.25, -0.2) is 8.42 Å². The van der Waals surface area contributed by atoms with Crippen LogP contribution in [0.3, 0.4) is 0 Å². The molecule has 26 heavy (non-hydrogen) atoms. The lowest BCUT2D eigenvalue weighted by molar-refractivity contribution is -0.119. The molecule has 140 valence electrons. The summed E-state index contributed by atoms with van der Waals surface area (Å²) in [5.41, 5.74) is 0.990. The molecule has 0 radical (unpaired) electrons. The molecule has 1 aliphatic rings. The standard InChI is InChI=1S/C17H22N4O3S2/c1-14(22)19-12-16-5-6-17(25-16)26(23,24)21-10-8-20(9-11-21)13-15-4-2-3-7-18-15/h2-7H,8-13H2,1H3,(H,19,22). The average Bonchev–Trinajstić information content (AvgIpc) is 3.11. The first-order valence-corrected chi connectivity index (χ1v) is 10.7. The maximum atomic E-state index is 12.8. The summed E-state index contributed by atoms with van der Waals surface area (Å²) in [6, 6.07) is 9.20. The van der Waals surface area contributed by atoms with E-state index in [0.29, 0.717) is 36.9 Å². The molecule has 7 nitrogen and oxygen atoms in total. The highest BCUT2D eigenvalue weighted by atomic mass is 32.2. The Morgan fingerprint density at radius 1 is 1.19 bits per heavy atom. The molecule has 1 saturated heterocycles. The number of hydrogen-bond acceptors (Lipinski definition) is 6. The first kappa shape index (κ1) is 19.0. The van der Waals surface area contributed by atoms with E-state index in [2.05, 4.69) is 15.2 Å². The van der Waals surface area contributed by atoms with Gasteiger partial charge in [0, 0.05) is 50.7 Å². The zero-order valence-electron chi connectivity index (χ0n) is 14.6. The SMILES string of the molecule is CC(=O)NCc1ccc(S(=O)(=O)N2CCN(Cc3ccccn3)CC2)s1. The fourth-order valence-corrected chi connectivity index (χ4v) is 5.65. The average molecular weight is 395 g/mol. The predicted octanol–water partition coefficient (Wildman–Crippen LogP) is 1.29. The number of amides is 1. The van der Waals surface area contributed by atoms with E-state index in [1.54, 1.807) is 18.3 Å². The van der Waals surface area contributed by atoms with Crippen molar-refractivity contribution in [3.05, 3.63) is 47.1 Å². The number of pyridine rings is 1. The van der Waals surface area contributed by atoms with Crippen molar-refractivity contribution in [3.8, 4) is 0 Å². The number of aromatic nitrogens is 1. The lowest BCUT2D eigenvalue weighted by Crippen LogP contribution is -2.48. The zero-order valence-corrected chi connectivity index (χ0v) is 16.2. The molecule has 0 saturated carbocycles. The van der Waals surface area contributed by atoms with E-state index < -0.39 is 10.0 Å². The topological polar surface area (TPSA) is 82.6 Å². The molecule has 1 fully saturated rings. The number of hydrogen-bond donors (Lipinski definition) is 1. The van der Waals surface area contributed by atoms with Crippen LogP contribution in [0.25, 0.3) is 0 Å². The smallest absolute Gasteiger partial charge is 0.252 e. The largest absolute Gasteiger partial charge is 0.351 e. The fraction of sp³-hybridized carbons (Fsp3) is 0.412. The third kappa shape index (κ3) is 4.67. The van der Waals surface area contributed by atoms with Gasteiger partial charge in [-0.2, -0.15) is 4.31 Å². The quantitative estimate of drug-likeness (QED) is 0.798. The second-order valence-electron chi connectivity index (χ2n) is 6.13. The third-order valence-electron chi connectivity index (χ3n) is 4.19. The molecule has 2 aromatic rings. The van der Waals surface area contributed by atoms with Crippen molar-refractivity contribution < 1.29 is 13.2 Å². The van der Waals surface area contributed by atoms with Crippen LogP contribution in [0.4, 0.5) is 0 Å². The summed E-state index contributed by atoms with van der Waals surface area (Å²) in [6.45, 7) is 4.82. The molecule has 3 heterocycles. The number of nitrogens with zero attached hydrogens (tertiary/aromatic N) is 3.